The average molecular weight is 249 g/mol. The second-order valence-electron chi connectivity index (χ2n) is 5.65. The molecule has 1 aromatic rings. The van der Waals surface area contributed by atoms with Gasteiger partial charge in [-0.1, -0.05) is 18.2 Å². The number of aliphatic hydroxyl groups is 1. The van der Waals surface area contributed by atoms with Gasteiger partial charge in [-0.3, -0.25) is 0 Å². The summed E-state index contributed by atoms with van der Waals surface area (Å²) in [6.07, 6.45) is 4.49. The maximum atomic E-state index is 13.5. The van der Waals surface area contributed by atoms with Gasteiger partial charge in [0.2, 0.25) is 0 Å². The van der Waals surface area contributed by atoms with E-state index >= 15 is 0 Å². The first-order valence-electron chi connectivity index (χ1n) is 6.91. The number of halogens is 1. The predicted octanol–water partition coefficient (Wildman–Crippen LogP) is 2.64. The van der Waals surface area contributed by atoms with Crippen LogP contribution in [0.2, 0.25) is 0 Å². The van der Waals surface area contributed by atoms with Gasteiger partial charge >= 0.3 is 0 Å². The number of nitrogens with one attached hydrogen (secondary N) is 1. The monoisotopic (exact) mass is 249 g/mol. The van der Waals surface area contributed by atoms with Crippen molar-refractivity contribution in [3.63, 3.8) is 0 Å². The van der Waals surface area contributed by atoms with E-state index < -0.39 is 6.10 Å². The zero-order valence-corrected chi connectivity index (χ0v) is 10.5. The van der Waals surface area contributed by atoms with Crippen molar-refractivity contribution >= 4 is 0 Å². The lowest BCUT2D eigenvalue weighted by Crippen LogP contribution is -2.36. The second kappa shape index (κ2) is 4.98. The van der Waals surface area contributed by atoms with E-state index in [0.29, 0.717) is 18.2 Å². The molecule has 1 aromatic carbocycles. The molecule has 18 heavy (non-hydrogen) atoms. The molecule has 2 fully saturated rings. The zero-order valence-electron chi connectivity index (χ0n) is 10.5. The predicted molar refractivity (Wildman–Crippen MR) is 68.6 cm³/mol. The summed E-state index contributed by atoms with van der Waals surface area (Å²) in [6.45, 7) is 0.457. The molecule has 0 amide bonds. The molecule has 2 N–H and O–H groups in total. The van der Waals surface area contributed by atoms with Crippen LogP contribution in [0.4, 0.5) is 4.39 Å². The lowest BCUT2D eigenvalue weighted by atomic mass is 10.1. The summed E-state index contributed by atoms with van der Waals surface area (Å²) in [7, 11) is 0. The lowest BCUT2D eigenvalue weighted by molar-refractivity contribution is 0.161. The van der Waals surface area contributed by atoms with Crippen LogP contribution in [0.5, 0.6) is 0 Å². The molecular formula is C15H20FNO. The van der Waals surface area contributed by atoms with Crippen LogP contribution >= 0.6 is 0 Å². The van der Waals surface area contributed by atoms with Crippen molar-refractivity contribution in [3.8, 4) is 0 Å². The SMILES string of the molecule is OC(CNC(C1CC1)C1CC1)c1ccccc1F. The van der Waals surface area contributed by atoms with Gasteiger partial charge in [0.15, 0.2) is 0 Å². The van der Waals surface area contributed by atoms with Crippen LogP contribution < -0.4 is 5.32 Å². The average Bonchev–Trinajstić information content (AvgIpc) is 3.24. The van der Waals surface area contributed by atoms with Crippen LogP contribution in [-0.4, -0.2) is 17.7 Å². The van der Waals surface area contributed by atoms with Crippen molar-refractivity contribution < 1.29 is 9.50 Å². The van der Waals surface area contributed by atoms with E-state index in [9.17, 15) is 9.50 Å². The molecule has 2 nitrogen and oxygen atoms in total. The Morgan fingerprint density at radius 2 is 1.78 bits per heavy atom. The van der Waals surface area contributed by atoms with Crippen molar-refractivity contribution in [3.05, 3.63) is 35.6 Å². The van der Waals surface area contributed by atoms with Crippen molar-refractivity contribution in [2.45, 2.75) is 37.8 Å². The third-order valence-corrected chi connectivity index (χ3v) is 4.07. The normalized spacial score (nSPS) is 21.3. The highest BCUT2D eigenvalue weighted by Gasteiger charge is 2.41. The summed E-state index contributed by atoms with van der Waals surface area (Å²) in [4.78, 5) is 0. The fourth-order valence-electron chi connectivity index (χ4n) is 2.73. The minimum Gasteiger partial charge on any atom is -0.387 e. The quantitative estimate of drug-likeness (QED) is 0.812. The fourth-order valence-corrected chi connectivity index (χ4v) is 2.73. The zero-order chi connectivity index (χ0) is 12.5. The van der Waals surface area contributed by atoms with Gasteiger partial charge in [0.25, 0.3) is 0 Å². The molecule has 1 unspecified atom stereocenters. The molecule has 0 radical (unpaired) electrons. The summed E-state index contributed by atoms with van der Waals surface area (Å²) < 4.78 is 13.5. The van der Waals surface area contributed by atoms with Crippen molar-refractivity contribution in [2.24, 2.45) is 11.8 Å². The molecule has 98 valence electrons. The molecule has 0 bridgehead atoms. The van der Waals surface area contributed by atoms with Gasteiger partial charge in [-0.15, -0.1) is 0 Å². The van der Waals surface area contributed by atoms with Crippen LogP contribution in [-0.2, 0) is 0 Å². The highest BCUT2D eigenvalue weighted by atomic mass is 19.1. The third kappa shape index (κ3) is 2.73. The Labute approximate surface area is 107 Å². The minimum atomic E-state index is -0.744. The van der Waals surface area contributed by atoms with E-state index in [1.807, 2.05) is 0 Å². The van der Waals surface area contributed by atoms with E-state index in [2.05, 4.69) is 5.32 Å². The second-order valence-corrected chi connectivity index (χ2v) is 5.65. The lowest BCUT2D eigenvalue weighted by Gasteiger charge is -2.20. The minimum absolute atomic E-state index is 0.318. The molecule has 1 atom stereocenters. The Kier molecular flexibility index (Phi) is 3.35. The third-order valence-electron chi connectivity index (χ3n) is 4.07. The molecule has 0 heterocycles. The first kappa shape index (κ1) is 12.1. The van der Waals surface area contributed by atoms with E-state index in [1.54, 1.807) is 18.2 Å². The number of rotatable bonds is 6. The van der Waals surface area contributed by atoms with Crippen molar-refractivity contribution in [1.82, 2.24) is 5.32 Å². The summed E-state index contributed by atoms with van der Waals surface area (Å²) in [5.41, 5.74) is 0.398. The van der Waals surface area contributed by atoms with Gasteiger partial charge in [-0.2, -0.15) is 0 Å². The van der Waals surface area contributed by atoms with E-state index in [4.69, 9.17) is 0 Å². The molecule has 3 rings (SSSR count). The number of aliphatic hydroxyl groups excluding tert-OH is 1. The van der Waals surface area contributed by atoms with Gasteiger partial charge in [0, 0.05) is 18.2 Å². The van der Waals surface area contributed by atoms with Crippen molar-refractivity contribution in [2.75, 3.05) is 6.54 Å². The standard InChI is InChI=1S/C15H20FNO/c16-13-4-2-1-3-12(13)14(18)9-17-15(10-5-6-10)11-7-8-11/h1-4,10-11,14-15,17-18H,5-9H2. The first-order chi connectivity index (χ1) is 8.75. The highest BCUT2D eigenvalue weighted by molar-refractivity contribution is 5.20. The van der Waals surface area contributed by atoms with Gasteiger partial charge in [0.1, 0.15) is 5.82 Å². The van der Waals surface area contributed by atoms with Crippen LogP contribution in [0.15, 0.2) is 24.3 Å². The van der Waals surface area contributed by atoms with Gasteiger partial charge in [-0.05, 0) is 43.6 Å². The van der Waals surface area contributed by atoms with Gasteiger partial charge in [-0.25, -0.2) is 4.39 Å². The van der Waals surface area contributed by atoms with Gasteiger partial charge in [0.05, 0.1) is 6.10 Å². The molecule has 3 heteroatoms. The number of hydrogen-bond donors (Lipinski definition) is 2. The molecule has 0 spiro atoms. The van der Waals surface area contributed by atoms with Crippen LogP contribution in [0, 0.1) is 17.7 Å². The fraction of sp³-hybridized carbons (Fsp3) is 0.600. The van der Waals surface area contributed by atoms with Crippen LogP contribution in [0.25, 0.3) is 0 Å². The van der Waals surface area contributed by atoms with E-state index in [-0.39, 0.29) is 5.82 Å². The molecule has 2 saturated carbocycles. The summed E-state index contributed by atoms with van der Waals surface area (Å²) in [5.74, 6) is 1.27. The van der Waals surface area contributed by atoms with Crippen LogP contribution in [0.3, 0.4) is 0 Å². The largest absolute Gasteiger partial charge is 0.387 e. The maximum Gasteiger partial charge on any atom is 0.129 e. The first-order valence-corrected chi connectivity index (χ1v) is 6.91. The summed E-state index contributed by atoms with van der Waals surface area (Å²) >= 11 is 0. The van der Waals surface area contributed by atoms with Gasteiger partial charge < -0.3 is 10.4 Å². The van der Waals surface area contributed by atoms with E-state index in [1.165, 1.54) is 31.7 Å². The smallest absolute Gasteiger partial charge is 0.129 e. The topological polar surface area (TPSA) is 32.3 Å². The Morgan fingerprint density at radius 1 is 1.17 bits per heavy atom. The Morgan fingerprint density at radius 3 is 2.33 bits per heavy atom. The molecule has 2 aliphatic carbocycles. The van der Waals surface area contributed by atoms with Crippen LogP contribution in [0.1, 0.15) is 37.4 Å². The summed E-state index contributed by atoms with van der Waals surface area (Å²) in [5, 5.41) is 13.5. The molecule has 0 aromatic heterocycles. The number of hydrogen-bond acceptors (Lipinski definition) is 2. The molecule has 0 saturated heterocycles. The highest BCUT2D eigenvalue weighted by Crippen LogP contribution is 2.44. The molecule has 2 aliphatic rings. The Hall–Kier alpha value is -0.930. The Balaban J connectivity index is 1.57. The molecular weight excluding hydrogens is 229 g/mol. The molecule has 0 aliphatic heterocycles. The Bertz CT molecular complexity index is 403. The summed E-state index contributed by atoms with van der Waals surface area (Å²) in [6, 6.07) is 7.02. The maximum absolute atomic E-state index is 13.5. The van der Waals surface area contributed by atoms with E-state index in [0.717, 1.165) is 11.8 Å². The van der Waals surface area contributed by atoms with Crippen molar-refractivity contribution in [1.29, 1.82) is 0 Å². The number of benzene rings is 1.